The Hall–Kier alpha value is -0.810. The zero-order valence-corrected chi connectivity index (χ0v) is 10.9. The van der Waals surface area contributed by atoms with Crippen molar-refractivity contribution in [1.82, 2.24) is 10.3 Å². The maximum absolute atomic E-state index is 11.9. The first-order valence-corrected chi connectivity index (χ1v) is 6.08. The summed E-state index contributed by atoms with van der Waals surface area (Å²) >= 11 is 3.30. The molecule has 5 heteroatoms. The van der Waals surface area contributed by atoms with Crippen LogP contribution in [0.3, 0.4) is 0 Å². The molecule has 1 aromatic rings. The van der Waals surface area contributed by atoms with Crippen molar-refractivity contribution in [3.63, 3.8) is 0 Å². The molecule has 0 bridgehead atoms. The molecule has 2 N–H and O–H groups in total. The Kier molecular flexibility index (Phi) is 3.08. The van der Waals surface area contributed by atoms with Gasteiger partial charge in [-0.25, -0.2) is 0 Å². The first kappa shape index (κ1) is 11.7. The molecule has 4 nitrogen and oxygen atoms in total. The van der Waals surface area contributed by atoms with Crippen molar-refractivity contribution < 1.29 is 9.53 Å². The highest BCUT2D eigenvalue weighted by Gasteiger charge is 2.38. The van der Waals surface area contributed by atoms with Gasteiger partial charge in [0.05, 0.1) is 11.6 Å². The van der Waals surface area contributed by atoms with Crippen LogP contribution in [0, 0.1) is 0 Å². The highest BCUT2D eigenvalue weighted by Crippen LogP contribution is 2.25. The van der Waals surface area contributed by atoms with E-state index in [-0.39, 0.29) is 17.6 Å². The van der Waals surface area contributed by atoms with Gasteiger partial charge in [0.1, 0.15) is 5.69 Å². The van der Waals surface area contributed by atoms with E-state index >= 15 is 0 Å². The number of hydrogen-bond acceptors (Lipinski definition) is 2. The third-order valence-electron chi connectivity index (χ3n) is 3.18. The number of ether oxygens (including phenoxy) is 1. The number of amides is 1. The maximum Gasteiger partial charge on any atom is 0.268 e. The van der Waals surface area contributed by atoms with Crippen molar-refractivity contribution in [1.29, 1.82) is 0 Å². The molecule has 1 amide bonds. The topological polar surface area (TPSA) is 54.1 Å². The van der Waals surface area contributed by atoms with E-state index in [9.17, 15) is 4.79 Å². The number of carbonyl (C=O) groups is 1. The molecule has 2 atom stereocenters. The molecule has 1 aliphatic rings. The van der Waals surface area contributed by atoms with Crippen molar-refractivity contribution in [3.8, 4) is 0 Å². The van der Waals surface area contributed by atoms with Crippen molar-refractivity contribution in [2.24, 2.45) is 0 Å². The van der Waals surface area contributed by atoms with E-state index in [4.69, 9.17) is 4.74 Å². The molecule has 1 aliphatic heterocycles. The highest BCUT2D eigenvalue weighted by molar-refractivity contribution is 9.10. The van der Waals surface area contributed by atoms with Crippen LogP contribution in [-0.4, -0.2) is 29.1 Å². The lowest BCUT2D eigenvalue weighted by atomic mass is 9.94. The predicted molar refractivity (Wildman–Crippen MR) is 64.4 cm³/mol. The van der Waals surface area contributed by atoms with Crippen LogP contribution < -0.4 is 5.32 Å². The van der Waals surface area contributed by atoms with Gasteiger partial charge in [0, 0.05) is 17.3 Å². The molecule has 0 radical (unpaired) electrons. The fraction of sp³-hybridized carbons (Fsp3) is 0.545. The zero-order valence-electron chi connectivity index (χ0n) is 9.34. The van der Waals surface area contributed by atoms with E-state index < -0.39 is 0 Å². The van der Waals surface area contributed by atoms with Gasteiger partial charge in [-0.15, -0.1) is 0 Å². The predicted octanol–water partition coefficient (Wildman–Crippen LogP) is 2.07. The van der Waals surface area contributed by atoms with Gasteiger partial charge in [-0.1, -0.05) is 0 Å². The van der Waals surface area contributed by atoms with Gasteiger partial charge in [-0.05, 0) is 42.3 Å². The molecule has 88 valence electrons. The van der Waals surface area contributed by atoms with Crippen LogP contribution in [0.15, 0.2) is 16.7 Å². The molecule has 16 heavy (non-hydrogen) atoms. The summed E-state index contributed by atoms with van der Waals surface area (Å²) < 4.78 is 6.35. The second-order valence-corrected chi connectivity index (χ2v) is 5.28. The molecule has 0 aliphatic carbocycles. The summed E-state index contributed by atoms with van der Waals surface area (Å²) in [7, 11) is 0. The standard InChI is InChI=1S/C11H15BrN2O2/c1-7-11(2,3-4-16-7)14-10(15)9-5-8(12)6-13-9/h5-7,13H,3-4H2,1-2H3,(H,14,15). The molecule has 2 unspecified atom stereocenters. The average molecular weight is 287 g/mol. The average Bonchev–Trinajstić information content (AvgIpc) is 2.76. The summed E-state index contributed by atoms with van der Waals surface area (Å²) in [6, 6.07) is 1.76. The summed E-state index contributed by atoms with van der Waals surface area (Å²) in [6.07, 6.45) is 2.64. The molecule has 2 rings (SSSR count). The lowest BCUT2D eigenvalue weighted by Gasteiger charge is -2.28. The van der Waals surface area contributed by atoms with Crippen LogP contribution in [0.5, 0.6) is 0 Å². The Balaban J connectivity index is 2.07. The third-order valence-corrected chi connectivity index (χ3v) is 3.64. The highest BCUT2D eigenvalue weighted by atomic mass is 79.9. The Labute approximate surface area is 103 Å². The SMILES string of the molecule is CC1OCCC1(C)NC(=O)c1cc(Br)c[nH]1. The number of halogens is 1. The molecule has 2 heterocycles. The normalized spacial score (nSPS) is 29.3. The maximum atomic E-state index is 11.9. The van der Waals surface area contributed by atoms with Crippen LogP contribution in [0.2, 0.25) is 0 Å². The van der Waals surface area contributed by atoms with Gasteiger partial charge < -0.3 is 15.0 Å². The van der Waals surface area contributed by atoms with Gasteiger partial charge in [-0.2, -0.15) is 0 Å². The molecule has 0 saturated carbocycles. The fourth-order valence-corrected chi connectivity index (χ4v) is 2.17. The summed E-state index contributed by atoms with van der Waals surface area (Å²) in [5.74, 6) is -0.0921. The Morgan fingerprint density at radius 2 is 2.50 bits per heavy atom. The van der Waals surface area contributed by atoms with Crippen molar-refractivity contribution in [2.45, 2.75) is 31.9 Å². The van der Waals surface area contributed by atoms with Crippen LogP contribution in [0.4, 0.5) is 0 Å². The van der Waals surface area contributed by atoms with Gasteiger partial charge >= 0.3 is 0 Å². The molecule has 1 aromatic heterocycles. The largest absolute Gasteiger partial charge is 0.376 e. The van der Waals surface area contributed by atoms with E-state index in [0.717, 1.165) is 10.9 Å². The molecule has 1 fully saturated rings. The smallest absolute Gasteiger partial charge is 0.268 e. The van der Waals surface area contributed by atoms with E-state index in [0.29, 0.717) is 12.3 Å². The molecular weight excluding hydrogens is 272 g/mol. The number of nitrogens with one attached hydrogen (secondary N) is 2. The van der Waals surface area contributed by atoms with E-state index in [1.54, 1.807) is 12.3 Å². The number of aromatic amines is 1. The molecule has 0 spiro atoms. The summed E-state index contributed by atoms with van der Waals surface area (Å²) in [6.45, 7) is 4.70. The Morgan fingerprint density at radius 1 is 1.75 bits per heavy atom. The van der Waals surface area contributed by atoms with Crippen LogP contribution >= 0.6 is 15.9 Å². The number of hydrogen-bond donors (Lipinski definition) is 2. The molecule has 1 saturated heterocycles. The summed E-state index contributed by atoms with van der Waals surface area (Å²) in [5, 5.41) is 3.02. The quantitative estimate of drug-likeness (QED) is 0.875. The first-order chi connectivity index (χ1) is 7.51. The second kappa shape index (κ2) is 4.22. The fourth-order valence-electron chi connectivity index (χ4n) is 1.82. The monoisotopic (exact) mass is 286 g/mol. The minimum Gasteiger partial charge on any atom is -0.376 e. The van der Waals surface area contributed by atoms with Crippen LogP contribution in [-0.2, 0) is 4.74 Å². The van der Waals surface area contributed by atoms with Crippen molar-refractivity contribution in [3.05, 3.63) is 22.4 Å². The minimum atomic E-state index is -0.269. The van der Waals surface area contributed by atoms with Gasteiger partial charge in [0.2, 0.25) is 0 Å². The van der Waals surface area contributed by atoms with E-state index in [1.807, 2.05) is 13.8 Å². The Bertz CT molecular complexity index is 404. The Morgan fingerprint density at radius 3 is 3.00 bits per heavy atom. The molecular formula is C11H15BrN2O2. The summed E-state index contributed by atoms with van der Waals surface area (Å²) in [5.41, 5.74) is 0.293. The van der Waals surface area contributed by atoms with Crippen LogP contribution in [0.25, 0.3) is 0 Å². The van der Waals surface area contributed by atoms with Crippen molar-refractivity contribution in [2.75, 3.05) is 6.61 Å². The minimum absolute atomic E-state index is 0.0508. The number of aromatic nitrogens is 1. The zero-order chi connectivity index (χ0) is 11.8. The lowest BCUT2D eigenvalue weighted by Crippen LogP contribution is -2.50. The number of H-pyrrole nitrogens is 1. The van der Waals surface area contributed by atoms with E-state index in [2.05, 4.69) is 26.2 Å². The van der Waals surface area contributed by atoms with Gasteiger partial charge in [0.15, 0.2) is 0 Å². The van der Waals surface area contributed by atoms with Crippen LogP contribution in [0.1, 0.15) is 30.8 Å². The third kappa shape index (κ3) is 2.15. The number of rotatable bonds is 2. The lowest BCUT2D eigenvalue weighted by molar-refractivity contribution is 0.0724. The van der Waals surface area contributed by atoms with Crippen molar-refractivity contribution >= 4 is 21.8 Å². The van der Waals surface area contributed by atoms with Gasteiger partial charge in [0.25, 0.3) is 5.91 Å². The first-order valence-electron chi connectivity index (χ1n) is 5.29. The summed E-state index contributed by atoms with van der Waals surface area (Å²) in [4.78, 5) is 14.9. The number of carbonyl (C=O) groups excluding carboxylic acids is 1. The van der Waals surface area contributed by atoms with E-state index in [1.165, 1.54) is 0 Å². The molecule has 0 aromatic carbocycles. The van der Waals surface area contributed by atoms with Gasteiger partial charge in [-0.3, -0.25) is 4.79 Å². The second-order valence-electron chi connectivity index (χ2n) is 4.37.